The number of ether oxygens (including phenoxy) is 1. The quantitative estimate of drug-likeness (QED) is 0.815. The second-order valence-corrected chi connectivity index (χ2v) is 4.55. The highest BCUT2D eigenvalue weighted by molar-refractivity contribution is 5.17. The predicted molar refractivity (Wildman–Crippen MR) is 69.9 cm³/mol. The van der Waals surface area contributed by atoms with Crippen molar-refractivity contribution in [3.63, 3.8) is 0 Å². The molecule has 1 fully saturated rings. The van der Waals surface area contributed by atoms with Crippen LogP contribution in [0, 0.1) is 0 Å². The number of rotatable bonds is 6. The Hall–Kier alpha value is -0.900. The van der Waals surface area contributed by atoms with Gasteiger partial charge in [0.05, 0.1) is 12.7 Å². The van der Waals surface area contributed by atoms with E-state index in [-0.39, 0.29) is 6.10 Å². The Morgan fingerprint density at radius 1 is 1.18 bits per heavy atom. The maximum absolute atomic E-state index is 5.87. The summed E-state index contributed by atoms with van der Waals surface area (Å²) in [6, 6.07) is 10.2. The molecule has 1 heterocycles. The van der Waals surface area contributed by atoms with Crippen molar-refractivity contribution in [1.29, 1.82) is 0 Å². The molecule has 1 aliphatic rings. The van der Waals surface area contributed by atoms with E-state index in [4.69, 9.17) is 10.5 Å². The summed E-state index contributed by atoms with van der Waals surface area (Å²) in [6.07, 6.45) is 2.71. The normalized spacial score (nSPS) is 18.4. The van der Waals surface area contributed by atoms with E-state index in [0.29, 0.717) is 6.54 Å². The van der Waals surface area contributed by atoms with Gasteiger partial charge in [0, 0.05) is 13.1 Å². The first-order chi connectivity index (χ1) is 8.40. The lowest BCUT2D eigenvalue weighted by atomic mass is 10.1. The molecule has 1 aliphatic heterocycles. The first-order valence-corrected chi connectivity index (χ1v) is 6.49. The zero-order valence-electron chi connectivity index (χ0n) is 10.3. The molecule has 2 rings (SSSR count). The Labute approximate surface area is 104 Å². The van der Waals surface area contributed by atoms with Crippen molar-refractivity contribution >= 4 is 0 Å². The number of nitrogens with two attached hydrogens (primary N) is 1. The molecular formula is C14H22N2O. The fourth-order valence-corrected chi connectivity index (χ4v) is 2.30. The summed E-state index contributed by atoms with van der Waals surface area (Å²) in [7, 11) is 0. The van der Waals surface area contributed by atoms with Gasteiger partial charge >= 0.3 is 0 Å². The van der Waals surface area contributed by atoms with E-state index in [9.17, 15) is 0 Å². The lowest BCUT2D eigenvalue weighted by molar-refractivity contribution is 0.0454. The van der Waals surface area contributed by atoms with Gasteiger partial charge in [-0.3, -0.25) is 0 Å². The Kier molecular flexibility index (Phi) is 4.98. The Morgan fingerprint density at radius 2 is 1.88 bits per heavy atom. The molecule has 0 bridgehead atoms. The minimum absolute atomic E-state index is 0.0406. The van der Waals surface area contributed by atoms with Gasteiger partial charge in [-0.25, -0.2) is 0 Å². The highest BCUT2D eigenvalue weighted by Crippen LogP contribution is 2.15. The summed E-state index contributed by atoms with van der Waals surface area (Å²) >= 11 is 0. The van der Waals surface area contributed by atoms with Crippen molar-refractivity contribution in [2.75, 3.05) is 32.8 Å². The van der Waals surface area contributed by atoms with Crippen molar-refractivity contribution in [2.24, 2.45) is 5.73 Å². The van der Waals surface area contributed by atoms with Gasteiger partial charge in [-0.2, -0.15) is 0 Å². The fourth-order valence-electron chi connectivity index (χ4n) is 2.30. The van der Waals surface area contributed by atoms with Gasteiger partial charge in [-0.15, -0.1) is 0 Å². The molecule has 94 valence electrons. The van der Waals surface area contributed by atoms with E-state index < -0.39 is 0 Å². The van der Waals surface area contributed by atoms with Crippen molar-refractivity contribution in [3.8, 4) is 0 Å². The average molecular weight is 234 g/mol. The molecule has 3 heteroatoms. The van der Waals surface area contributed by atoms with Crippen LogP contribution >= 0.6 is 0 Å². The molecule has 0 radical (unpaired) electrons. The summed E-state index contributed by atoms with van der Waals surface area (Å²) in [5, 5.41) is 0. The number of benzene rings is 1. The molecule has 3 nitrogen and oxygen atoms in total. The van der Waals surface area contributed by atoms with Gasteiger partial charge in [-0.1, -0.05) is 30.3 Å². The third kappa shape index (κ3) is 3.80. The average Bonchev–Trinajstić information content (AvgIpc) is 2.89. The van der Waals surface area contributed by atoms with Crippen molar-refractivity contribution in [1.82, 2.24) is 4.90 Å². The number of hydrogen-bond acceptors (Lipinski definition) is 3. The van der Waals surface area contributed by atoms with Crippen molar-refractivity contribution < 1.29 is 4.74 Å². The maximum atomic E-state index is 5.87. The summed E-state index contributed by atoms with van der Waals surface area (Å²) in [5.41, 5.74) is 6.94. The van der Waals surface area contributed by atoms with Crippen LogP contribution in [0.2, 0.25) is 0 Å². The molecule has 0 amide bonds. The van der Waals surface area contributed by atoms with Crippen LogP contribution < -0.4 is 5.73 Å². The second-order valence-electron chi connectivity index (χ2n) is 4.55. The lowest BCUT2D eigenvalue weighted by Gasteiger charge is -2.19. The van der Waals surface area contributed by atoms with Crippen LogP contribution in [0.15, 0.2) is 30.3 Å². The highest BCUT2D eigenvalue weighted by Gasteiger charge is 2.13. The summed E-state index contributed by atoms with van der Waals surface area (Å²) < 4.78 is 5.87. The smallest absolute Gasteiger partial charge is 0.0947 e. The molecular weight excluding hydrogens is 212 g/mol. The molecule has 2 N–H and O–H groups in total. The van der Waals surface area contributed by atoms with E-state index in [2.05, 4.69) is 17.0 Å². The van der Waals surface area contributed by atoms with Crippen LogP contribution in [-0.2, 0) is 4.74 Å². The van der Waals surface area contributed by atoms with Gasteiger partial charge in [-0.05, 0) is 31.5 Å². The van der Waals surface area contributed by atoms with Crippen LogP contribution in [0.25, 0.3) is 0 Å². The summed E-state index contributed by atoms with van der Waals surface area (Å²) in [5.74, 6) is 0. The van der Waals surface area contributed by atoms with Gasteiger partial charge < -0.3 is 15.4 Å². The van der Waals surface area contributed by atoms with E-state index in [1.165, 1.54) is 31.5 Å². The summed E-state index contributed by atoms with van der Waals surface area (Å²) in [4.78, 5) is 2.46. The molecule has 0 saturated carbocycles. The van der Waals surface area contributed by atoms with Crippen molar-refractivity contribution in [2.45, 2.75) is 18.9 Å². The third-order valence-corrected chi connectivity index (χ3v) is 3.31. The zero-order chi connectivity index (χ0) is 11.9. The maximum Gasteiger partial charge on any atom is 0.0947 e. The number of nitrogens with zero attached hydrogens (tertiary/aromatic N) is 1. The minimum atomic E-state index is 0.0406. The molecule has 1 atom stereocenters. The molecule has 0 aliphatic carbocycles. The molecule has 1 aromatic carbocycles. The molecule has 0 spiro atoms. The van der Waals surface area contributed by atoms with Gasteiger partial charge in [0.15, 0.2) is 0 Å². The van der Waals surface area contributed by atoms with Crippen LogP contribution in [0.3, 0.4) is 0 Å². The third-order valence-electron chi connectivity index (χ3n) is 3.31. The van der Waals surface area contributed by atoms with Crippen LogP contribution in [-0.4, -0.2) is 37.7 Å². The monoisotopic (exact) mass is 234 g/mol. The largest absolute Gasteiger partial charge is 0.371 e. The first-order valence-electron chi connectivity index (χ1n) is 6.49. The minimum Gasteiger partial charge on any atom is -0.371 e. The fraction of sp³-hybridized carbons (Fsp3) is 0.571. The van der Waals surface area contributed by atoms with E-state index in [1.54, 1.807) is 0 Å². The molecule has 0 aromatic heterocycles. The molecule has 1 aromatic rings. The van der Waals surface area contributed by atoms with Gasteiger partial charge in [0.25, 0.3) is 0 Å². The van der Waals surface area contributed by atoms with Crippen molar-refractivity contribution in [3.05, 3.63) is 35.9 Å². The zero-order valence-corrected chi connectivity index (χ0v) is 10.3. The van der Waals surface area contributed by atoms with Gasteiger partial charge in [0.1, 0.15) is 0 Å². The topological polar surface area (TPSA) is 38.5 Å². The lowest BCUT2D eigenvalue weighted by Crippen LogP contribution is -2.26. The summed E-state index contributed by atoms with van der Waals surface area (Å²) in [6.45, 7) is 4.80. The molecule has 1 unspecified atom stereocenters. The van der Waals surface area contributed by atoms with E-state index >= 15 is 0 Å². The first kappa shape index (κ1) is 12.6. The number of hydrogen-bond donors (Lipinski definition) is 1. The molecule has 1 saturated heterocycles. The molecule has 17 heavy (non-hydrogen) atoms. The van der Waals surface area contributed by atoms with Crippen LogP contribution in [0.5, 0.6) is 0 Å². The predicted octanol–water partition coefficient (Wildman–Crippen LogP) is 1.80. The second kappa shape index (κ2) is 6.74. The van der Waals surface area contributed by atoms with Crippen LogP contribution in [0.1, 0.15) is 24.5 Å². The highest BCUT2D eigenvalue weighted by atomic mass is 16.5. The number of likely N-dealkylation sites (tertiary alicyclic amines) is 1. The van der Waals surface area contributed by atoms with Gasteiger partial charge in [0.2, 0.25) is 0 Å². The standard InChI is InChI=1S/C14H22N2O/c15-12-14(13-6-2-1-3-7-13)17-11-10-16-8-4-5-9-16/h1-3,6-7,14H,4-5,8-12,15H2. The van der Waals surface area contributed by atoms with E-state index in [1.807, 2.05) is 18.2 Å². The SMILES string of the molecule is NCC(OCCN1CCCC1)c1ccccc1. The Balaban J connectivity index is 1.75. The van der Waals surface area contributed by atoms with E-state index in [0.717, 1.165) is 13.2 Å². The Bertz CT molecular complexity index is 309. The van der Waals surface area contributed by atoms with Crippen LogP contribution in [0.4, 0.5) is 0 Å². The Morgan fingerprint density at radius 3 is 2.53 bits per heavy atom.